The van der Waals surface area contributed by atoms with Crippen LogP contribution >= 0.6 is 23.4 Å². The number of carbonyl (C=O) groups excluding carboxylic acids is 1. The predicted molar refractivity (Wildman–Crippen MR) is 106 cm³/mol. The van der Waals surface area contributed by atoms with Crippen molar-refractivity contribution in [2.45, 2.75) is 10.1 Å². The second-order valence-electron chi connectivity index (χ2n) is 5.60. The number of hydrogen-bond donors (Lipinski definition) is 2. The van der Waals surface area contributed by atoms with Crippen molar-refractivity contribution in [3.8, 4) is 0 Å². The second kappa shape index (κ2) is 8.25. The number of nitrogens with two attached hydrogens (primary N) is 1. The van der Waals surface area contributed by atoms with Gasteiger partial charge in [-0.3, -0.25) is 4.79 Å². The van der Waals surface area contributed by atoms with Gasteiger partial charge in [0.15, 0.2) is 0 Å². The van der Waals surface area contributed by atoms with Crippen LogP contribution in [0, 0.1) is 5.82 Å². The largest absolute Gasteiger partial charge is 0.399 e. The first-order valence-corrected chi connectivity index (χ1v) is 9.12. The van der Waals surface area contributed by atoms with E-state index in [4.69, 9.17) is 17.3 Å². The van der Waals surface area contributed by atoms with Gasteiger partial charge in [0.25, 0.3) is 0 Å². The van der Waals surface area contributed by atoms with Crippen molar-refractivity contribution >= 4 is 40.6 Å². The topological polar surface area (TPSA) is 55.1 Å². The molecule has 3 aromatic rings. The molecule has 0 aliphatic heterocycles. The molecule has 3 N–H and O–H groups in total. The van der Waals surface area contributed by atoms with Crippen LogP contribution in [0.1, 0.15) is 10.8 Å². The number of rotatable bonds is 5. The Hall–Kier alpha value is -2.50. The Morgan fingerprint density at radius 3 is 2.38 bits per heavy atom. The average Bonchev–Trinajstić information content (AvgIpc) is 2.65. The fraction of sp³-hybridized carbons (Fsp3) is 0.0500. The van der Waals surface area contributed by atoms with Gasteiger partial charge >= 0.3 is 0 Å². The zero-order valence-electron chi connectivity index (χ0n) is 13.7. The summed E-state index contributed by atoms with van der Waals surface area (Å²) in [6.45, 7) is 0. The van der Waals surface area contributed by atoms with E-state index in [9.17, 15) is 9.18 Å². The lowest BCUT2D eigenvalue weighted by molar-refractivity contribution is -0.115. The molecule has 1 unspecified atom stereocenters. The van der Waals surface area contributed by atoms with Crippen LogP contribution in [0.3, 0.4) is 0 Å². The van der Waals surface area contributed by atoms with E-state index in [2.05, 4.69) is 5.32 Å². The summed E-state index contributed by atoms with van der Waals surface area (Å²) in [5.41, 5.74) is 7.69. The van der Waals surface area contributed by atoms with Crippen molar-refractivity contribution < 1.29 is 9.18 Å². The van der Waals surface area contributed by atoms with Crippen molar-refractivity contribution in [2.24, 2.45) is 0 Å². The Bertz CT molecular complexity index is 903. The molecule has 0 saturated heterocycles. The van der Waals surface area contributed by atoms with Crippen LogP contribution in [0.15, 0.2) is 77.7 Å². The normalized spacial score (nSPS) is 11.8. The van der Waals surface area contributed by atoms with Gasteiger partial charge in [-0.05, 0) is 48.0 Å². The number of anilines is 2. The van der Waals surface area contributed by atoms with Gasteiger partial charge in [0.2, 0.25) is 5.91 Å². The Morgan fingerprint density at radius 2 is 1.73 bits per heavy atom. The zero-order valence-corrected chi connectivity index (χ0v) is 15.2. The van der Waals surface area contributed by atoms with Gasteiger partial charge in [-0.25, -0.2) is 4.39 Å². The van der Waals surface area contributed by atoms with Gasteiger partial charge in [0.1, 0.15) is 11.1 Å². The molecule has 3 aromatic carbocycles. The maximum absolute atomic E-state index is 13.3. The highest BCUT2D eigenvalue weighted by atomic mass is 35.5. The minimum Gasteiger partial charge on any atom is -0.399 e. The molecule has 6 heteroatoms. The fourth-order valence-corrected chi connectivity index (χ4v) is 3.57. The molecule has 0 radical (unpaired) electrons. The van der Waals surface area contributed by atoms with E-state index in [0.717, 1.165) is 10.5 Å². The van der Waals surface area contributed by atoms with Crippen LogP contribution in [0.25, 0.3) is 0 Å². The SMILES string of the molecule is Nc1ccc(SC(C(=O)Nc2ccc(F)c(Cl)c2)c2ccccc2)cc1. The van der Waals surface area contributed by atoms with Crippen LogP contribution in [0.4, 0.5) is 15.8 Å². The van der Waals surface area contributed by atoms with E-state index in [1.54, 1.807) is 12.1 Å². The Morgan fingerprint density at radius 1 is 1.04 bits per heavy atom. The summed E-state index contributed by atoms with van der Waals surface area (Å²) >= 11 is 7.21. The summed E-state index contributed by atoms with van der Waals surface area (Å²) in [4.78, 5) is 13.8. The van der Waals surface area contributed by atoms with E-state index in [1.165, 1.54) is 30.0 Å². The van der Waals surface area contributed by atoms with Crippen molar-refractivity contribution in [3.05, 3.63) is 89.2 Å². The highest BCUT2D eigenvalue weighted by molar-refractivity contribution is 8.00. The number of halogens is 2. The van der Waals surface area contributed by atoms with Gasteiger partial charge in [0.05, 0.1) is 5.02 Å². The molecule has 0 aliphatic carbocycles. The molecule has 0 aliphatic rings. The van der Waals surface area contributed by atoms with Crippen molar-refractivity contribution in [3.63, 3.8) is 0 Å². The van der Waals surface area contributed by atoms with Crippen LogP contribution in [-0.4, -0.2) is 5.91 Å². The molecule has 3 rings (SSSR count). The molecule has 26 heavy (non-hydrogen) atoms. The standard InChI is InChI=1S/C20H16ClFN2OS/c21-17-12-15(8-11-18(17)22)24-20(25)19(13-4-2-1-3-5-13)26-16-9-6-14(23)7-10-16/h1-12,19H,23H2,(H,24,25). The minimum atomic E-state index is -0.527. The smallest absolute Gasteiger partial charge is 0.242 e. The maximum atomic E-state index is 13.3. The maximum Gasteiger partial charge on any atom is 0.242 e. The molecule has 3 nitrogen and oxygen atoms in total. The third kappa shape index (κ3) is 4.56. The number of thioether (sulfide) groups is 1. The van der Waals surface area contributed by atoms with Crippen molar-refractivity contribution in [1.82, 2.24) is 0 Å². The molecule has 0 heterocycles. The summed E-state index contributed by atoms with van der Waals surface area (Å²) in [7, 11) is 0. The lowest BCUT2D eigenvalue weighted by Crippen LogP contribution is -2.19. The molecular formula is C20H16ClFN2OS. The molecule has 0 saturated carbocycles. The van der Waals surface area contributed by atoms with Gasteiger partial charge in [-0.2, -0.15) is 0 Å². The highest BCUT2D eigenvalue weighted by Gasteiger charge is 2.22. The van der Waals surface area contributed by atoms with Gasteiger partial charge < -0.3 is 11.1 Å². The number of nitrogens with one attached hydrogen (secondary N) is 1. The predicted octanol–water partition coefficient (Wildman–Crippen LogP) is 5.53. The van der Waals surface area contributed by atoms with E-state index in [-0.39, 0.29) is 10.9 Å². The zero-order chi connectivity index (χ0) is 18.5. The summed E-state index contributed by atoms with van der Waals surface area (Å²) in [5.74, 6) is -0.749. The van der Waals surface area contributed by atoms with E-state index in [1.807, 2.05) is 42.5 Å². The number of amides is 1. The van der Waals surface area contributed by atoms with Gasteiger partial charge in [-0.1, -0.05) is 41.9 Å². The highest BCUT2D eigenvalue weighted by Crippen LogP contribution is 2.36. The quantitative estimate of drug-likeness (QED) is 0.447. The third-order valence-electron chi connectivity index (χ3n) is 3.66. The van der Waals surface area contributed by atoms with E-state index in [0.29, 0.717) is 11.4 Å². The van der Waals surface area contributed by atoms with Crippen LogP contribution < -0.4 is 11.1 Å². The number of hydrogen-bond acceptors (Lipinski definition) is 3. The summed E-state index contributed by atoms with van der Waals surface area (Å²) in [6, 6.07) is 20.9. The van der Waals surface area contributed by atoms with Crippen molar-refractivity contribution in [1.29, 1.82) is 0 Å². The Labute approximate surface area is 160 Å². The first-order chi connectivity index (χ1) is 12.5. The van der Waals surface area contributed by atoms with E-state index >= 15 is 0 Å². The fourth-order valence-electron chi connectivity index (χ4n) is 2.36. The Balaban J connectivity index is 1.85. The minimum absolute atomic E-state index is 0.0368. The lowest BCUT2D eigenvalue weighted by atomic mass is 10.1. The molecule has 0 bridgehead atoms. The first kappa shape index (κ1) is 18.3. The monoisotopic (exact) mass is 386 g/mol. The third-order valence-corrected chi connectivity index (χ3v) is 5.22. The van der Waals surface area contributed by atoms with Crippen LogP contribution in [-0.2, 0) is 4.79 Å². The molecule has 0 fully saturated rings. The molecule has 1 amide bonds. The molecule has 0 spiro atoms. The summed E-state index contributed by atoms with van der Waals surface area (Å²) < 4.78 is 13.3. The molecule has 1 atom stereocenters. The molecule has 0 aromatic heterocycles. The van der Waals surface area contributed by atoms with E-state index < -0.39 is 11.1 Å². The summed E-state index contributed by atoms with van der Waals surface area (Å²) in [5, 5.41) is 2.29. The summed E-state index contributed by atoms with van der Waals surface area (Å²) in [6.07, 6.45) is 0. The molecular weight excluding hydrogens is 371 g/mol. The van der Waals surface area contributed by atoms with Crippen LogP contribution in [0.5, 0.6) is 0 Å². The van der Waals surface area contributed by atoms with Crippen LogP contribution in [0.2, 0.25) is 5.02 Å². The number of nitrogen functional groups attached to an aromatic ring is 1. The van der Waals surface area contributed by atoms with Gasteiger partial charge in [0, 0.05) is 16.3 Å². The number of benzene rings is 3. The molecule has 132 valence electrons. The number of carbonyl (C=O) groups is 1. The first-order valence-electron chi connectivity index (χ1n) is 7.86. The lowest BCUT2D eigenvalue weighted by Gasteiger charge is -2.17. The second-order valence-corrected chi connectivity index (χ2v) is 7.18. The Kier molecular flexibility index (Phi) is 5.81. The van der Waals surface area contributed by atoms with Gasteiger partial charge in [-0.15, -0.1) is 11.8 Å². The van der Waals surface area contributed by atoms with Crippen molar-refractivity contribution in [2.75, 3.05) is 11.1 Å². The average molecular weight is 387 g/mol.